The van der Waals surface area contributed by atoms with Gasteiger partial charge >= 0.3 is 0 Å². The van der Waals surface area contributed by atoms with Crippen molar-refractivity contribution in [3.63, 3.8) is 0 Å². The first-order chi connectivity index (χ1) is 8.74. The summed E-state index contributed by atoms with van der Waals surface area (Å²) in [7, 11) is 0. The molecule has 0 spiro atoms. The molecular weight excluding hydrogens is 246 g/mol. The Labute approximate surface area is 111 Å². The molecule has 1 aromatic carbocycles. The van der Waals surface area contributed by atoms with Crippen molar-refractivity contribution >= 4 is 23.2 Å². The topological polar surface area (TPSA) is 37.8 Å². The molecule has 18 heavy (non-hydrogen) atoms. The minimum atomic E-state index is 0.524. The van der Waals surface area contributed by atoms with Gasteiger partial charge in [-0.25, -0.2) is 9.97 Å². The van der Waals surface area contributed by atoms with E-state index in [4.69, 9.17) is 11.6 Å². The van der Waals surface area contributed by atoms with Crippen molar-refractivity contribution in [3.8, 4) is 0 Å². The summed E-state index contributed by atoms with van der Waals surface area (Å²) >= 11 is 6.25. The molecule has 1 heterocycles. The van der Waals surface area contributed by atoms with Gasteiger partial charge in [-0.2, -0.15) is 0 Å². The van der Waals surface area contributed by atoms with Gasteiger partial charge in [0.25, 0.3) is 0 Å². The van der Waals surface area contributed by atoms with Crippen molar-refractivity contribution in [3.05, 3.63) is 46.7 Å². The molecular formula is C14H14ClN3. The lowest BCUT2D eigenvalue weighted by Gasteiger charge is -2.09. The van der Waals surface area contributed by atoms with E-state index in [9.17, 15) is 0 Å². The van der Waals surface area contributed by atoms with Crippen LogP contribution in [0.2, 0.25) is 5.02 Å². The average Bonchev–Trinajstić information content (AvgIpc) is 3.19. The van der Waals surface area contributed by atoms with Crippen LogP contribution in [0, 0.1) is 6.92 Å². The number of nitrogens with zero attached hydrogens (tertiary/aromatic N) is 2. The number of rotatable bonds is 3. The van der Waals surface area contributed by atoms with E-state index in [1.807, 2.05) is 37.3 Å². The van der Waals surface area contributed by atoms with E-state index >= 15 is 0 Å². The number of aryl methyl sites for hydroxylation is 1. The third kappa shape index (κ3) is 2.31. The third-order valence-electron chi connectivity index (χ3n) is 3.04. The van der Waals surface area contributed by atoms with E-state index < -0.39 is 0 Å². The minimum Gasteiger partial charge on any atom is -0.324 e. The van der Waals surface area contributed by atoms with Gasteiger partial charge in [-0.3, -0.25) is 0 Å². The average molecular weight is 260 g/mol. The van der Waals surface area contributed by atoms with Crippen molar-refractivity contribution in [1.82, 2.24) is 9.97 Å². The highest BCUT2D eigenvalue weighted by Crippen LogP contribution is 2.43. The number of aromatic nitrogens is 2. The predicted molar refractivity (Wildman–Crippen MR) is 73.5 cm³/mol. The van der Waals surface area contributed by atoms with Crippen LogP contribution in [0.3, 0.4) is 0 Å². The summed E-state index contributed by atoms with van der Waals surface area (Å²) in [4.78, 5) is 8.92. The first-order valence-corrected chi connectivity index (χ1v) is 6.48. The van der Waals surface area contributed by atoms with E-state index in [0.29, 0.717) is 11.9 Å². The van der Waals surface area contributed by atoms with Gasteiger partial charge in [-0.05, 0) is 31.9 Å². The highest BCUT2D eigenvalue weighted by atomic mass is 35.5. The molecule has 1 N–H and O–H groups in total. The number of halogens is 1. The molecule has 1 fully saturated rings. The first-order valence-electron chi connectivity index (χ1n) is 6.10. The maximum atomic E-state index is 6.25. The Morgan fingerprint density at radius 3 is 2.56 bits per heavy atom. The molecule has 0 amide bonds. The lowest BCUT2D eigenvalue weighted by Crippen LogP contribution is -2.02. The highest BCUT2D eigenvalue weighted by molar-refractivity contribution is 6.31. The van der Waals surface area contributed by atoms with Crippen LogP contribution in [0.4, 0.5) is 11.6 Å². The van der Waals surface area contributed by atoms with Crippen molar-refractivity contribution in [2.45, 2.75) is 25.7 Å². The zero-order chi connectivity index (χ0) is 12.5. The van der Waals surface area contributed by atoms with Gasteiger partial charge < -0.3 is 5.32 Å². The zero-order valence-corrected chi connectivity index (χ0v) is 10.9. The SMILES string of the molecule is Cc1nc(Nc2ccccc2)nc(C2CC2)c1Cl. The molecule has 0 atom stereocenters. The maximum Gasteiger partial charge on any atom is 0.227 e. The number of hydrogen-bond donors (Lipinski definition) is 1. The van der Waals surface area contributed by atoms with Gasteiger partial charge in [0.2, 0.25) is 5.95 Å². The summed E-state index contributed by atoms with van der Waals surface area (Å²) in [6.07, 6.45) is 2.36. The molecule has 0 aliphatic heterocycles. The third-order valence-corrected chi connectivity index (χ3v) is 3.50. The van der Waals surface area contributed by atoms with E-state index in [-0.39, 0.29) is 0 Å². The molecule has 1 saturated carbocycles. The number of benzene rings is 1. The standard InChI is InChI=1S/C14H14ClN3/c1-9-12(15)13(10-7-8-10)18-14(16-9)17-11-5-3-2-4-6-11/h2-6,10H,7-8H2,1H3,(H,16,17,18). The van der Waals surface area contributed by atoms with Crippen LogP contribution in [-0.4, -0.2) is 9.97 Å². The summed E-state index contributed by atoms with van der Waals surface area (Å²) in [6.45, 7) is 1.92. The summed E-state index contributed by atoms with van der Waals surface area (Å²) < 4.78 is 0. The molecule has 1 aliphatic carbocycles. The fraction of sp³-hybridized carbons (Fsp3) is 0.286. The summed E-state index contributed by atoms with van der Waals surface area (Å²) in [6, 6.07) is 9.92. The van der Waals surface area contributed by atoms with Crippen LogP contribution in [0.15, 0.2) is 30.3 Å². The van der Waals surface area contributed by atoms with Crippen molar-refractivity contribution in [2.24, 2.45) is 0 Å². The molecule has 3 rings (SSSR count). The van der Waals surface area contributed by atoms with Gasteiger partial charge in [0.05, 0.1) is 16.4 Å². The lowest BCUT2D eigenvalue weighted by atomic mass is 10.2. The van der Waals surface area contributed by atoms with Crippen LogP contribution in [-0.2, 0) is 0 Å². The Morgan fingerprint density at radius 2 is 1.89 bits per heavy atom. The Kier molecular flexibility index (Phi) is 2.92. The molecule has 1 aliphatic rings. The van der Waals surface area contributed by atoms with Crippen LogP contribution in [0.5, 0.6) is 0 Å². The number of anilines is 2. The Hall–Kier alpha value is -1.61. The fourth-order valence-corrected chi connectivity index (χ4v) is 2.15. The number of para-hydroxylation sites is 1. The van der Waals surface area contributed by atoms with Gasteiger partial charge in [0, 0.05) is 11.6 Å². The van der Waals surface area contributed by atoms with E-state index in [1.54, 1.807) is 0 Å². The maximum absolute atomic E-state index is 6.25. The molecule has 92 valence electrons. The second-order valence-electron chi connectivity index (χ2n) is 4.60. The molecule has 0 radical (unpaired) electrons. The quantitative estimate of drug-likeness (QED) is 0.903. The second kappa shape index (κ2) is 4.58. The molecule has 0 saturated heterocycles. The number of hydrogen-bond acceptors (Lipinski definition) is 3. The van der Waals surface area contributed by atoms with Crippen LogP contribution >= 0.6 is 11.6 Å². The van der Waals surface area contributed by atoms with E-state index in [0.717, 1.165) is 22.1 Å². The summed E-state index contributed by atoms with van der Waals surface area (Å²) in [5.41, 5.74) is 2.82. The molecule has 4 heteroatoms. The fourth-order valence-electron chi connectivity index (χ4n) is 1.92. The second-order valence-corrected chi connectivity index (χ2v) is 4.98. The molecule has 0 unspecified atom stereocenters. The van der Waals surface area contributed by atoms with Gasteiger partial charge in [0.1, 0.15) is 0 Å². The normalized spacial score (nSPS) is 14.6. The van der Waals surface area contributed by atoms with Crippen LogP contribution in [0.1, 0.15) is 30.1 Å². The predicted octanol–water partition coefficient (Wildman–Crippen LogP) is 4.06. The Bertz CT molecular complexity index is 565. The smallest absolute Gasteiger partial charge is 0.227 e. The molecule has 2 aromatic rings. The Balaban J connectivity index is 1.93. The summed E-state index contributed by atoms with van der Waals surface area (Å²) in [5, 5.41) is 3.93. The van der Waals surface area contributed by atoms with E-state index in [1.165, 1.54) is 12.8 Å². The molecule has 1 aromatic heterocycles. The van der Waals surface area contributed by atoms with E-state index in [2.05, 4.69) is 15.3 Å². The largest absolute Gasteiger partial charge is 0.324 e. The summed E-state index contributed by atoms with van der Waals surface area (Å²) in [5.74, 6) is 1.15. The van der Waals surface area contributed by atoms with Gasteiger partial charge in [-0.15, -0.1) is 0 Å². The van der Waals surface area contributed by atoms with Crippen molar-refractivity contribution in [2.75, 3.05) is 5.32 Å². The lowest BCUT2D eigenvalue weighted by molar-refractivity contribution is 0.973. The zero-order valence-electron chi connectivity index (χ0n) is 10.2. The molecule has 0 bridgehead atoms. The molecule has 3 nitrogen and oxygen atoms in total. The monoisotopic (exact) mass is 259 g/mol. The minimum absolute atomic E-state index is 0.524. The highest BCUT2D eigenvalue weighted by Gasteiger charge is 2.28. The van der Waals surface area contributed by atoms with Crippen LogP contribution in [0.25, 0.3) is 0 Å². The van der Waals surface area contributed by atoms with Crippen molar-refractivity contribution < 1.29 is 0 Å². The van der Waals surface area contributed by atoms with Crippen molar-refractivity contribution in [1.29, 1.82) is 0 Å². The first kappa shape index (κ1) is 11.5. The van der Waals surface area contributed by atoms with Gasteiger partial charge in [0.15, 0.2) is 0 Å². The Morgan fingerprint density at radius 1 is 1.17 bits per heavy atom. The van der Waals surface area contributed by atoms with Crippen LogP contribution < -0.4 is 5.32 Å². The number of nitrogens with one attached hydrogen (secondary N) is 1. The van der Waals surface area contributed by atoms with Gasteiger partial charge in [-0.1, -0.05) is 29.8 Å².